The van der Waals surface area contributed by atoms with Crippen molar-refractivity contribution in [3.63, 3.8) is 0 Å². The van der Waals surface area contributed by atoms with Crippen molar-refractivity contribution in [3.05, 3.63) is 131 Å². The van der Waals surface area contributed by atoms with Crippen LogP contribution in [0.25, 0.3) is 0 Å². The van der Waals surface area contributed by atoms with E-state index in [0.29, 0.717) is 6.42 Å². The number of hydrogen-bond acceptors (Lipinski definition) is 4. The summed E-state index contributed by atoms with van der Waals surface area (Å²) >= 11 is 3.38. The summed E-state index contributed by atoms with van der Waals surface area (Å²) in [5.41, 5.74) is 1.26. The molecule has 0 fully saturated rings. The summed E-state index contributed by atoms with van der Waals surface area (Å²) in [6.07, 6.45) is 0.810. The van der Waals surface area contributed by atoms with E-state index in [0.717, 1.165) is 14.3 Å². The third-order valence-corrected chi connectivity index (χ3v) is 9.61. The Bertz CT molecular complexity index is 1660. The van der Waals surface area contributed by atoms with Crippen LogP contribution in [-0.4, -0.2) is 43.8 Å². The van der Waals surface area contributed by atoms with Crippen molar-refractivity contribution in [3.8, 4) is 0 Å². The van der Waals surface area contributed by atoms with Crippen LogP contribution in [-0.2, 0) is 32.6 Å². The molecule has 44 heavy (non-hydrogen) atoms. The average Bonchev–Trinajstić information content (AvgIpc) is 3.03. The van der Waals surface area contributed by atoms with Gasteiger partial charge in [-0.15, -0.1) is 0 Å². The Hall–Kier alpha value is -4.02. The van der Waals surface area contributed by atoms with Crippen molar-refractivity contribution < 1.29 is 22.4 Å². The number of carbonyl (C=O) groups excluding carboxylic acids is 2. The first-order chi connectivity index (χ1) is 21.1. The minimum absolute atomic E-state index is 0.00622. The predicted molar refractivity (Wildman–Crippen MR) is 174 cm³/mol. The predicted octanol–water partition coefficient (Wildman–Crippen LogP) is 6.34. The molecule has 0 unspecified atom stereocenters. The van der Waals surface area contributed by atoms with Gasteiger partial charge in [0.25, 0.3) is 10.0 Å². The molecule has 230 valence electrons. The Balaban J connectivity index is 1.80. The summed E-state index contributed by atoms with van der Waals surface area (Å²) in [6, 6.07) is 28.4. The zero-order chi connectivity index (χ0) is 31.7. The van der Waals surface area contributed by atoms with Crippen molar-refractivity contribution in [1.82, 2.24) is 10.2 Å². The number of halogens is 2. The third-order valence-electron chi connectivity index (χ3n) is 7.30. The summed E-state index contributed by atoms with van der Waals surface area (Å²) in [7, 11) is -4.21. The molecular formula is C34H35BrFN3O4S. The molecule has 0 bridgehead atoms. The lowest BCUT2D eigenvalue weighted by molar-refractivity contribution is -0.140. The van der Waals surface area contributed by atoms with E-state index in [1.807, 2.05) is 44.2 Å². The number of carbonyl (C=O) groups is 2. The van der Waals surface area contributed by atoms with Crippen LogP contribution < -0.4 is 9.62 Å². The van der Waals surface area contributed by atoms with E-state index < -0.39 is 40.2 Å². The summed E-state index contributed by atoms with van der Waals surface area (Å²) in [5, 5.41) is 2.97. The molecule has 0 aliphatic carbocycles. The fraction of sp³-hybridized carbons (Fsp3) is 0.235. The second-order valence-corrected chi connectivity index (χ2v) is 13.2. The molecule has 7 nitrogen and oxygen atoms in total. The van der Waals surface area contributed by atoms with Crippen molar-refractivity contribution in [1.29, 1.82) is 0 Å². The number of rotatable bonds is 13. The molecule has 0 saturated carbocycles. The summed E-state index contributed by atoms with van der Waals surface area (Å²) in [4.78, 5) is 29.5. The fourth-order valence-electron chi connectivity index (χ4n) is 4.66. The molecule has 0 saturated heterocycles. The van der Waals surface area contributed by atoms with Gasteiger partial charge in [0.15, 0.2) is 0 Å². The number of anilines is 1. The minimum atomic E-state index is -4.21. The first kappa shape index (κ1) is 32.9. The average molecular weight is 681 g/mol. The van der Waals surface area contributed by atoms with Gasteiger partial charge in [-0.25, -0.2) is 12.8 Å². The quantitative estimate of drug-likeness (QED) is 0.179. The highest BCUT2D eigenvalue weighted by molar-refractivity contribution is 9.10. The lowest BCUT2D eigenvalue weighted by atomic mass is 10.0. The smallest absolute Gasteiger partial charge is 0.264 e. The number of benzene rings is 4. The zero-order valence-electron chi connectivity index (χ0n) is 24.6. The molecule has 2 amide bonds. The van der Waals surface area contributed by atoms with E-state index in [1.54, 1.807) is 60.7 Å². The van der Waals surface area contributed by atoms with Crippen LogP contribution in [0.15, 0.2) is 119 Å². The van der Waals surface area contributed by atoms with Crippen molar-refractivity contribution in [2.24, 2.45) is 0 Å². The van der Waals surface area contributed by atoms with E-state index in [4.69, 9.17) is 0 Å². The van der Waals surface area contributed by atoms with Gasteiger partial charge in [0, 0.05) is 29.0 Å². The lowest BCUT2D eigenvalue weighted by Crippen LogP contribution is -2.54. The van der Waals surface area contributed by atoms with Crippen molar-refractivity contribution in [2.45, 2.75) is 50.2 Å². The highest BCUT2D eigenvalue weighted by Gasteiger charge is 2.35. The maximum Gasteiger partial charge on any atom is 0.264 e. The summed E-state index contributed by atoms with van der Waals surface area (Å²) in [5.74, 6) is -1.60. The minimum Gasteiger partial charge on any atom is -0.352 e. The summed E-state index contributed by atoms with van der Waals surface area (Å²) in [6.45, 7) is 2.94. The van der Waals surface area contributed by atoms with Gasteiger partial charge in [0.05, 0.1) is 10.6 Å². The monoisotopic (exact) mass is 679 g/mol. The standard InChI is InChI=1S/C34H35BrFN3O4S/c1-3-25(2)37-34(41)32(22-26-12-6-4-7-13-26)38(23-27-14-10-11-17-31(27)36)33(40)24-39(29-20-18-28(35)19-21-29)44(42,43)30-15-8-5-9-16-30/h4-21,25,32H,3,22-24H2,1-2H3,(H,37,41)/t25-,32-/m0/s1. The van der Waals surface area contributed by atoms with Crippen molar-refractivity contribution in [2.75, 3.05) is 10.8 Å². The molecule has 0 heterocycles. The van der Waals surface area contributed by atoms with Gasteiger partial charge in [0.1, 0.15) is 18.4 Å². The Morgan fingerprint density at radius 1 is 0.864 bits per heavy atom. The zero-order valence-corrected chi connectivity index (χ0v) is 27.0. The van der Waals surface area contributed by atoms with Crippen LogP contribution in [0, 0.1) is 5.82 Å². The number of sulfonamides is 1. The topological polar surface area (TPSA) is 86.8 Å². The molecule has 1 N–H and O–H groups in total. The van der Waals surface area contributed by atoms with E-state index in [9.17, 15) is 22.4 Å². The highest BCUT2D eigenvalue weighted by atomic mass is 79.9. The Labute approximate surface area is 266 Å². The van der Waals surface area contributed by atoms with Crippen LogP contribution in [0.4, 0.5) is 10.1 Å². The molecule has 4 aromatic carbocycles. The first-order valence-corrected chi connectivity index (χ1v) is 16.5. The molecule has 2 atom stereocenters. The van der Waals surface area contributed by atoms with Gasteiger partial charge in [-0.05, 0) is 61.4 Å². The first-order valence-electron chi connectivity index (χ1n) is 14.3. The Morgan fingerprint density at radius 2 is 1.45 bits per heavy atom. The SMILES string of the molecule is CC[C@H](C)NC(=O)[C@H](Cc1ccccc1)N(Cc1ccccc1F)C(=O)CN(c1ccc(Br)cc1)S(=O)(=O)c1ccccc1. The molecule has 0 radical (unpaired) electrons. The maximum atomic E-state index is 15.0. The second kappa shape index (κ2) is 15.1. The molecule has 10 heteroatoms. The van der Waals surface area contributed by atoms with Gasteiger partial charge < -0.3 is 10.2 Å². The molecular weight excluding hydrogens is 645 g/mol. The van der Waals surface area contributed by atoms with Gasteiger partial charge in [0.2, 0.25) is 11.8 Å². The van der Waals surface area contributed by atoms with Crippen LogP contribution in [0.1, 0.15) is 31.4 Å². The normalized spacial score (nSPS) is 12.6. The number of hydrogen-bond donors (Lipinski definition) is 1. The van der Waals surface area contributed by atoms with Crippen LogP contribution >= 0.6 is 15.9 Å². The second-order valence-electron chi connectivity index (χ2n) is 10.4. The Kier molecular flexibility index (Phi) is 11.3. The van der Waals surface area contributed by atoms with Gasteiger partial charge in [-0.3, -0.25) is 13.9 Å². The van der Waals surface area contributed by atoms with Crippen molar-refractivity contribution >= 4 is 43.5 Å². The number of nitrogens with one attached hydrogen (secondary N) is 1. The third kappa shape index (κ3) is 8.33. The lowest BCUT2D eigenvalue weighted by Gasteiger charge is -2.34. The van der Waals surface area contributed by atoms with Crippen LogP contribution in [0.5, 0.6) is 0 Å². The Morgan fingerprint density at radius 3 is 2.07 bits per heavy atom. The number of nitrogens with zero attached hydrogens (tertiary/aromatic N) is 2. The maximum absolute atomic E-state index is 15.0. The van der Waals surface area contributed by atoms with Gasteiger partial charge >= 0.3 is 0 Å². The molecule has 4 rings (SSSR count). The molecule has 0 aliphatic heterocycles. The molecule has 0 aliphatic rings. The molecule has 0 aromatic heterocycles. The van der Waals surface area contributed by atoms with E-state index >= 15 is 0 Å². The number of amides is 2. The van der Waals surface area contributed by atoms with E-state index in [2.05, 4.69) is 21.2 Å². The fourth-order valence-corrected chi connectivity index (χ4v) is 6.36. The molecule has 0 spiro atoms. The van der Waals surface area contributed by atoms with Crippen LogP contribution in [0.3, 0.4) is 0 Å². The van der Waals surface area contributed by atoms with Gasteiger partial charge in [-0.2, -0.15) is 0 Å². The van der Waals surface area contributed by atoms with E-state index in [-0.39, 0.29) is 35.2 Å². The van der Waals surface area contributed by atoms with Gasteiger partial charge in [-0.1, -0.05) is 89.6 Å². The largest absolute Gasteiger partial charge is 0.352 e. The van der Waals surface area contributed by atoms with E-state index in [1.165, 1.54) is 23.1 Å². The van der Waals surface area contributed by atoms with Crippen LogP contribution in [0.2, 0.25) is 0 Å². The molecule has 4 aromatic rings. The summed E-state index contributed by atoms with van der Waals surface area (Å²) < 4.78 is 44.7. The highest BCUT2D eigenvalue weighted by Crippen LogP contribution is 2.26.